The molecule has 5 nitrogen and oxygen atoms in total. The summed E-state index contributed by atoms with van der Waals surface area (Å²) in [4.78, 5) is 4.23. The Balaban J connectivity index is 2.31. The molecule has 0 radical (unpaired) electrons. The topological polar surface area (TPSA) is 69.1 Å². The van der Waals surface area contributed by atoms with E-state index in [4.69, 9.17) is 5.73 Å². The number of nitrogens with two attached hydrogens (primary N) is 1. The highest BCUT2D eigenvalue weighted by Gasteiger charge is 2.13. The van der Waals surface area contributed by atoms with Crippen LogP contribution in [0.25, 0.3) is 5.65 Å². The lowest BCUT2D eigenvalue weighted by Gasteiger charge is -2.08. The SMILES string of the molecule is CCCCC(N)c1nnc2cc(C)ncn12. The van der Waals surface area contributed by atoms with Crippen molar-refractivity contribution in [3.63, 3.8) is 0 Å². The van der Waals surface area contributed by atoms with E-state index in [-0.39, 0.29) is 6.04 Å². The summed E-state index contributed by atoms with van der Waals surface area (Å²) in [5.74, 6) is 0.802. The normalized spacial score (nSPS) is 13.2. The summed E-state index contributed by atoms with van der Waals surface area (Å²) in [6, 6.07) is 1.85. The fraction of sp³-hybridized carbons (Fsp3) is 0.545. The van der Waals surface area contributed by atoms with Crippen molar-refractivity contribution in [2.45, 2.75) is 39.2 Å². The van der Waals surface area contributed by atoms with E-state index in [1.807, 2.05) is 17.4 Å². The molecule has 0 aliphatic rings. The molecule has 2 heterocycles. The Morgan fingerprint density at radius 2 is 2.25 bits per heavy atom. The minimum atomic E-state index is -0.0561. The van der Waals surface area contributed by atoms with Gasteiger partial charge in [0, 0.05) is 11.8 Å². The molecule has 2 aromatic rings. The van der Waals surface area contributed by atoms with Gasteiger partial charge in [-0.2, -0.15) is 0 Å². The Bertz CT molecular complexity index is 476. The lowest BCUT2D eigenvalue weighted by molar-refractivity contribution is 0.569. The predicted octanol–water partition coefficient (Wildman–Crippen LogP) is 1.62. The van der Waals surface area contributed by atoms with Gasteiger partial charge in [-0.1, -0.05) is 19.8 Å². The van der Waals surface area contributed by atoms with Crippen molar-refractivity contribution in [1.82, 2.24) is 19.6 Å². The van der Waals surface area contributed by atoms with Crippen molar-refractivity contribution >= 4 is 5.65 Å². The molecule has 0 aliphatic heterocycles. The van der Waals surface area contributed by atoms with Gasteiger partial charge in [-0.3, -0.25) is 4.40 Å². The smallest absolute Gasteiger partial charge is 0.163 e. The Hall–Kier alpha value is -1.49. The molecule has 0 amide bonds. The molecule has 1 atom stereocenters. The quantitative estimate of drug-likeness (QED) is 0.848. The third-order valence-corrected chi connectivity index (χ3v) is 2.66. The van der Waals surface area contributed by atoms with E-state index in [2.05, 4.69) is 22.1 Å². The summed E-state index contributed by atoms with van der Waals surface area (Å²) in [7, 11) is 0. The minimum Gasteiger partial charge on any atom is -0.321 e. The van der Waals surface area contributed by atoms with Crippen LogP contribution in [0, 0.1) is 6.92 Å². The van der Waals surface area contributed by atoms with Gasteiger partial charge in [0.1, 0.15) is 6.33 Å². The Morgan fingerprint density at radius 1 is 1.44 bits per heavy atom. The van der Waals surface area contributed by atoms with Gasteiger partial charge in [-0.25, -0.2) is 4.98 Å². The summed E-state index contributed by atoms with van der Waals surface area (Å²) >= 11 is 0. The Labute approximate surface area is 94.7 Å². The average Bonchev–Trinajstić information content (AvgIpc) is 2.68. The van der Waals surface area contributed by atoms with Crippen LogP contribution in [-0.2, 0) is 0 Å². The third-order valence-electron chi connectivity index (χ3n) is 2.66. The van der Waals surface area contributed by atoms with Gasteiger partial charge in [0.25, 0.3) is 0 Å². The van der Waals surface area contributed by atoms with Crippen molar-refractivity contribution < 1.29 is 0 Å². The highest BCUT2D eigenvalue weighted by molar-refractivity contribution is 5.38. The minimum absolute atomic E-state index is 0.0561. The van der Waals surface area contributed by atoms with Crippen molar-refractivity contribution in [2.24, 2.45) is 5.73 Å². The summed E-state index contributed by atoms with van der Waals surface area (Å²) in [6.07, 6.45) is 4.92. The van der Waals surface area contributed by atoms with E-state index in [0.29, 0.717) is 0 Å². The molecule has 0 bridgehead atoms. The van der Waals surface area contributed by atoms with Gasteiger partial charge in [0.2, 0.25) is 0 Å². The van der Waals surface area contributed by atoms with E-state index in [1.54, 1.807) is 6.33 Å². The van der Waals surface area contributed by atoms with Crippen molar-refractivity contribution in [2.75, 3.05) is 0 Å². The second kappa shape index (κ2) is 4.57. The van der Waals surface area contributed by atoms with Crippen LogP contribution < -0.4 is 5.73 Å². The van der Waals surface area contributed by atoms with E-state index in [0.717, 1.165) is 36.4 Å². The van der Waals surface area contributed by atoms with Crippen LogP contribution in [-0.4, -0.2) is 19.6 Å². The molecule has 2 aromatic heterocycles. The monoisotopic (exact) mass is 219 g/mol. The first-order chi connectivity index (χ1) is 7.72. The second-order valence-electron chi connectivity index (χ2n) is 4.07. The van der Waals surface area contributed by atoms with E-state index in [1.165, 1.54) is 0 Å². The summed E-state index contributed by atoms with van der Waals surface area (Å²) in [5.41, 5.74) is 7.83. The van der Waals surface area contributed by atoms with Crippen LogP contribution in [0.1, 0.15) is 43.7 Å². The second-order valence-corrected chi connectivity index (χ2v) is 4.07. The number of rotatable bonds is 4. The highest BCUT2D eigenvalue weighted by atomic mass is 15.3. The predicted molar refractivity (Wildman–Crippen MR) is 62.0 cm³/mol. The number of hydrogen-bond acceptors (Lipinski definition) is 4. The maximum Gasteiger partial charge on any atom is 0.163 e. The molecule has 1 unspecified atom stereocenters. The number of fused-ring (bicyclic) bond motifs is 1. The molecular weight excluding hydrogens is 202 g/mol. The molecule has 0 saturated carbocycles. The first-order valence-electron chi connectivity index (χ1n) is 5.65. The first-order valence-corrected chi connectivity index (χ1v) is 5.65. The molecule has 0 aliphatic carbocycles. The summed E-state index contributed by atoms with van der Waals surface area (Å²) < 4.78 is 1.87. The summed E-state index contributed by atoms with van der Waals surface area (Å²) in [5, 5.41) is 8.24. The molecule has 0 spiro atoms. The van der Waals surface area contributed by atoms with Gasteiger partial charge in [0.15, 0.2) is 11.5 Å². The number of unbranched alkanes of at least 4 members (excludes halogenated alkanes) is 1. The maximum absolute atomic E-state index is 6.08. The van der Waals surface area contributed by atoms with Gasteiger partial charge in [0.05, 0.1) is 6.04 Å². The molecule has 5 heteroatoms. The molecular formula is C11H17N5. The van der Waals surface area contributed by atoms with Crippen LogP contribution in [0.3, 0.4) is 0 Å². The Kier molecular flexibility index (Phi) is 3.14. The average molecular weight is 219 g/mol. The fourth-order valence-corrected chi connectivity index (χ4v) is 1.71. The van der Waals surface area contributed by atoms with Gasteiger partial charge < -0.3 is 5.73 Å². The van der Waals surface area contributed by atoms with Crippen LogP contribution >= 0.6 is 0 Å². The van der Waals surface area contributed by atoms with Crippen molar-refractivity contribution in [3.05, 3.63) is 23.9 Å². The highest BCUT2D eigenvalue weighted by Crippen LogP contribution is 2.15. The molecule has 0 fully saturated rings. The van der Waals surface area contributed by atoms with Gasteiger partial charge in [-0.15, -0.1) is 10.2 Å². The number of hydrogen-bond donors (Lipinski definition) is 1. The van der Waals surface area contributed by atoms with Crippen LogP contribution in [0.2, 0.25) is 0 Å². The van der Waals surface area contributed by atoms with Crippen LogP contribution in [0.15, 0.2) is 12.4 Å². The van der Waals surface area contributed by atoms with Gasteiger partial charge in [-0.05, 0) is 13.3 Å². The zero-order valence-corrected chi connectivity index (χ0v) is 9.72. The lowest BCUT2D eigenvalue weighted by Crippen LogP contribution is -2.14. The van der Waals surface area contributed by atoms with E-state index >= 15 is 0 Å². The zero-order valence-electron chi connectivity index (χ0n) is 9.72. The number of aromatic nitrogens is 4. The standard InChI is InChI=1S/C11H17N5/c1-3-4-5-9(12)11-15-14-10-6-8(2)13-7-16(10)11/h6-7,9H,3-5,12H2,1-2H3. The number of aryl methyl sites for hydroxylation is 1. The molecule has 2 N–H and O–H groups in total. The molecule has 2 rings (SSSR count). The molecule has 0 aromatic carbocycles. The van der Waals surface area contributed by atoms with E-state index < -0.39 is 0 Å². The number of nitrogens with zero attached hydrogens (tertiary/aromatic N) is 4. The molecule has 16 heavy (non-hydrogen) atoms. The fourth-order valence-electron chi connectivity index (χ4n) is 1.71. The van der Waals surface area contributed by atoms with Crippen LogP contribution in [0.5, 0.6) is 0 Å². The molecule has 0 saturated heterocycles. The van der Waals surface area contributed by atoms with Crippen molar-refractivity contribution in [1.29, 1.82) is 0 Å². The molecule has 86 valence electrons. The first kappa shape index (κ1) is 11.0. The lowest BCUT2D eigenvalue weighted by atomic mass is 10.1. The van der Waals surface area contributed by atoms with Gasteiger partial charge >= 0.3 is 0 Å². The van der Waals surface area contributed by atoms with Crippen LogP contribution in [0.4, 0.5) is 0 Å². The largest absolute Gasteiger partial charge is 0.321 e. The van der Waals surface area contributed by atoms with E-state index in [9.17, 15) is 0 Å². The summed E-state index contributed by atoms with van der Waals surface area (Å²) in [6.45, 7) is 4.09. The Morgan fingerprint density at radius 3 is 3.00 bits per heavy atom. The van der Waals surface area contributed by atoms with Crippen molar-refractivity contribution in [3.8, 4) is 0 Å². The maximum atomic E-state index is 6.08. The zero-order chi connectivity index (χ0) is 11.5. The third kappa shape index (κ3) is 2.04.